The van der Waals surface area contributed by atoms with Gasteiger partial charge in [0.05, 0.1) is 11.6 Å². The summed E-state index contributed by atoms with van der Waals surface area (Å²) < 4.78 is 1.03. The minimum atomic E-state index is -0.00622. The molecule has 2 aliphatic rings. The molecule has 5 nitrogen and oxygen atoms in total. The summed E-state index contributed by atoms with van der Waals surface area (Å²) in [6, 6.07) is 8.21. The highest BCUT2D eigenvalue weighted by molar-refractivity contribution is 7.21. The quantitative estimate of drug-likeness (QED) is 0.891. The number of carbonyl (C=O) groups excluding carboxylic acids is 2. The molecule has 2 aromatic rings. The van der Waals surface area contributed by atoms with Crippen LogP contribution in [0.4, 0.5) is 0 Å². The second kappa shape index (κ2) is 6.94. The fourth-order valence-corrected chi connectivity index (χ4v) is 4.59. The van der Waals surface area contributed by atoms with Gasteiger partial charge in [-0.05, 0) is 18.9 Å². The van der Waals surface area contributed by atoms with E-state index in [4.69, 9.17) is 11.6 Å². The largest absolute Gasteiger partial charge is 0.352 e. The van der Waals surface area contributed by atoms with Crippen molar-refractivity contribution in [2.24, 2.45) is 0 Å². The molecule has 1 aliphatic carbocycles. The van der Waals surface area contributed by atoms with E-state index in [1.807, 2.05) is 29.2 Å². The van der Waals surface area contributed by atoms with Gasteiger partial charge in [0, 0.05) is 42.3 Å². The van der Waals surface area contributed by atoms with Crippen molar-refractivity contribution in [2.75, 3.05) is 32.7 Å². The molecule has 0 bridgehead atoms. The van der Waals surface area contributed by atoms with E-state index in [0.717, 1.165) is 22.9 Å². The highest BCUT2D eigenvalue weighted by atomic mass is 35.5. The lowest BCUT2D eigenvalue weighted by molar-refractivity contribution is -0.122. The highest BCUT2D eigenvalue weighted by Crippen LogP contribution is 2.36. The second-order valence-electron chi connectivity index (χ2n) is 6.65. The highest BCUT2D eigenvalue weighted by Gasteiger charge is 2.28. The number of hydrogen-bond acceptors (Lipinski definition) is 4. The van der Waals surface area contributed by atoms with Crippen molar-refractivity contribution in [3.8, 4) is 0 Å². The van der Waals surface area contributed by atoms with Crippen LogP contribution in [0.3, 0.4) is 0 Å². The van der Waals surface area contributed by atoms with Crippen LogP contribution in [0.25, 0.3) is 10.1 Å². The van der Waals surface area contributed by atoms with E-state index < -0.39 is 0 Å². The SMILES string of the molecule is O=C(CN1CCN(C(=O)c2sc3ccccc3c2Cl)CC1)NC1CC1. The van der Waals surface area contributed by atoms with Gasteiger partial charge < -0.3 is 10.2 Å². The van der Waals surface area contributed by atoms with Crippen LogP contribution in [0.2, 0.25) is 5.02 Å². The molecule has 132 valence electrons. The molecular formula is C18H20ClN3O2S. The molecule has 25 heavy (non-hydrogen) atoms. The molecular weight excluding hydrogens is 358 g/mol. The Labute approximate surface area is 155 Å². The average molecular weight is 378 g/mol. The zero-order valence-electron chi connectivity index (χ0n) is 13.8. The molecule has 7 heteroatoms. The third-order valence-corrected chi connectivity index (χ3v) is 6.36. The molecule has 2 fully saturated rings. The zero-order chi connectivity index (χ0) is 17.4. The van der Waals surface area contributed by atoms with Crippen LogP contribution in [0.5, 0.6) is 0 Å². The molecule has 1 aromatic heterocycles. The van der Waals surface area contributed by atoms with Crippen molar-refractivity contribution in [3.05, 3.63) is 34.2 Å². The summed E-state index contributed by atoms with van der Waals surface area (Å²) in [7, 11) is 0. The molecule has 1 aromatic carbocycles. The van der Waals surface area contributed by atoms with Gasteiger partial charge in [0.25, 0.3) is 5.91 Å². The molecule has 1 aliphatic heterocycles. The molecule has 0 radical (unpaired) electrons. The van der Waals surface area contributed by atoms with E-state index in [-0.39, 0.29) is 11.8 Å². The van der Waals surface area contributed by atoms with Crippen LogP contribution < -0.4 is 5.32 Å². The van der Waals surface area contributed by atoms with Gasteiger partial charge in [0.15, 0.2) is 0 Å². The number of thiophene rings is 1. The van der Waals surface area contributed by atoms with Crippen molar-refractivity contribution in [3.63, 3.8) is 0 Å². The van der Waals surface area contributed by atoms with Crippen molar-refractivity contribution in [1.29, 1.82) is 0 Å². The van der Waals surface area contributed by atoms with Crippen LogP contribution in [0.1, 0.15) is 22.5 Å². The summed E-state index contributed by atoms with van der Waals surface area (Å²) in [4.78, 5) is 29.3. The number of amides is 2. The number of halogens is 1. The Hall–Kier alpha value is -1.63. The molecule has 0 spiro atoms. The Balaban J connectivity index is 1.37. The third-order valence-electron chi connectivity index (χ3n) is 4.70. The lowest BCUT2D eigenvalue weighted by Crippen LogP contribution is -2.51. The molecule has 0 atom stereocenters. The molecule has 1 saturated carbocycles. The Morgan fingerprint density at radius 1 is 1.16 bits per heavy atom. The van der Waals surface area contributed by atoms with Crippen molar-refractivity contribution in [2.45, 2.75) is 18.9 Å². The topological polar surface area (TPSA) is 52.7 Å². The fraction of sp³-hybridized carbons (Fsp3) is 0.444. The Kier molecular flexibility index (Phi) is 4.67. The maximum Gasteiger partial charge on any atom is 0.265 e. The van der Waals surface area contributed by atoms with E-state index in [2.05, 4.69) is 10.2 Å². The molecule has 1 saturated heterocycles. The lowest BCUT2D eigenvalue weighted by Gasteiger charge is -2.34. The van der Waals surface area contributed by atoms with E-state index in [1.165, 1.54) is 11.3 Å². The first-order valence-corrected chi connectivity index (χ1v) is 9.79. The van der Waals surface area contributed by atoms with Crippen molar-refractivity contribution in [1.82, 2.24) is 15.1 Å². The number of rotatable bonds is 4. The summed E-state index contributed by atoms with van der Waals surface area (Å²) in [6.07, 6.45) is 2.20. The standard InChI is InChI=1S/C18H20ClN3O2S/c19-16-13-3-1-2-4-14(13)25-17(16)18(24)22-9-7-21(8-10-22)11-15(23)20-12-5-6-12/h1-4,12H,5-11H2,(H,20,23). The van der Waals surface area contributed by atoms with Crippen LogP contribution in [-0.4, -0.2) is 60.4 Å². The second-order valence-corrected chi connectivity index (χ2v) is 8.08. The van der Waals surface area contributed by atoms with E-state index in [0.29, 0.717) is 48.7 Å². The Morgan fingerprint density at radius 3 is 2.56 bits per heavy atom. The first-order valence-electron chi connectivity index (χ1n) is 8.60. The van der Waals surface area contributed by atoms with Gasteiger partial charge in [0.2, 0.25) is 5.91 Å². The number of fused-ring (bicyclic) bond motifs is 1. The molecule has 4 rings (SSSR count). The first-order chi connectivity index (χ1) is 12.1. The van der Waals surface area contributed by atoms with Crippen LogP contribution in [-0.2, 0) is 4.79 Å². The number of nitrogens with zero attached hydrogens (tertiary/aromatic N) is 2. The molecule has 2 heterocycles. The van der Waals surface area contributed by atoms with Crippen LogP contribution >= 0.6 is 22.9 Å². The van der Waals surface area contributed by atoms with Gasteiger partial charge in [-0.1, -0.05) is 29.8 Å². The normalized spacial score (nSPS) is 18.5. The van der Waals surface area contributed by atoms with Gasteiger partial charge in [-0.2, -0.15) is 0 Å². The average Bonchev–Trinajstić information content (AvgIpc) is 3.37. The van der Waals surface area contributed by atoms with E-state index in [9.17, 15) is 9.59 Å². The first kappa shape index (κ1) is 16.8. The van der Waals surface area contributed by atoms with Gasteiger partial charge >= 0.3 is 0 Å². The van der Waals surface area contributed by atoms with Crippen LogP contribution in [0.15, 0.2) is 24.3 Å². The summed E-state index contributed by atoms with van der Waals surface area (Å²) >= 11 is 7.87. The smallest absolute Gasteiger partial charge is 0.265 e. The van der Waals surface area contributed by atoms with Gasteiger partial charge in [-0.3, -0.25) is 14.5 Å². The van der Waals surface area contributed by atoms with Gasteiger partial charge in [-0.25, -0.2) is 0 Å². The van der Waals surface area contributed by atoms with E-state index >= 15 is 0 Å². The molecule has 1 N–H and O–H groups in total. The molecule has 2 amide bonds. The summed E-state index contributed by atoms with van der Waals surface area (Å²) in [5.74, 6) is 0.0862. The minimum Gasteiger partial charge on any atom is -0.352 e. The maximum absolute atomic E-state index is 12.8. The number of hydrogen-bond donors (Lipinski definition) is 1. The zero-order valence-corrected chi connectivity index (χ0v) is 15.4. The van der Waals surface area contributed by atoms with E-state index in [1.54, 1.807) is 0 Å². The number of piperazine rings is 1. The number of carbonyl (C=O) groups is 2. The van der Waals surface area contributed by atoms with Crippen LogP contribution in [0, 0.1) is 0 Å². The Morgan fingerprint density at radius 2 is 1.88 bits per heavy atom. The van der Waals surface area contributed by atoms with Crippen molar-refractivity contribution >= 4 is 44.8 Å². The summed E-state index contributed by atoms with van der Waals surface area (Å²) in [5, 5.41) is 4.50. The number of benzene rings is 1. The number of nitrogens with one attached hydrogen (secondary N) is 1. The van der Waals surface area contributed by atoms with Gasteiger partial charge in [-0.15, -0.1) is 11.3 Å². The Bertz CT molecular complexity index is 810. The predicted molar refractivity (Wildman–Crippen MR) is 100 cm³/mol. The van der Waals surface area contributed by atoms with Crippen molar-refractivity contribution < 1.29 is 9.59 Å². The minimum absolute atomic E-state index is 0.00622. The fourth-order valence-electron chi connectivity index (χ4n) is 3.11. The monoisotopic (exact) mass is 377 g/mol. The predicted octanol–water partition coefficient (Wildman–Crippen LogP) is 2.59. The lowest BCUT2D eigenvalue weighted by atomic mass is 10.2. The molecule has 0 unspecified atom stereocenters. The maximum atomic E-state index is 12.8. The summed E-state index contributed by atoms with van der Waals surface area (Å²) in [6.45, 7) is 3.10. The van der Waals surface area contributed by atoms with Gasteiger partial charge in [0.1, 0.15) is 4.88 Å². The third kappa shape index (κ3) is 3.66. The summed E-state index contributed by atoms with van der Waals surface area (Å²) in [5.41, 5.74) is 0.